The number of carbonyl (C=O) groups is 2. The maximum absolute atomic E-state index is 11.4. The Morgan fingerprint density at radius 2 is 2.16 bits per heavy atom. The molecule has 0 aliphatic heterocycles. The van der Waals surface area contributed by atoms with Gasteiger partial charge in [0.2, 0.25) is 5.91 Å². The smallest absolute Gasteiger partial charge is 0.322 e. The summed E-state index contributed by atoms with van der Waals surface area (Å²) < 4.78 is 5.41. The number of carboxylic acid groups (broad SMARTS) is 1. The highest BCUT2D eigenvalue weighted by Crippen LogP contribution is 2.25. The predicted molar refractivity (Wildman–Crippen MR) is 71.6 cm³/mol. The monoisotopic (exact) mass is 285 g/mol. The molecule has 19 heavy (non-hydrogen) atoms. The van der Waals surface area contributed by atoms with Crippen molar-refractivity contribution in [1.82, 2.24) is 5.32 Å². The summed E-state index contributed by atoms with van der Waals surface area (Å²) in [6, 6.07) is 5.09. The third-order valence-corrected chi connectivity index (χ3v) is 2.55. The Morgan fingerprint density at radius 1 is 1.42 bits per heavy atom. The lowest BCUT2D eigenvalue weighted by molar-refractivity contribution is -0.137. The number of carboxylic acids is 1. The normalized spacial score (nSPS) is 10.0. The van der Waals surface area contributed by atoms with E-state index in [1.54, 1.807) is 18.2 Å². The molecule has 1 aromatic rings. The zero-order chi connectivity index (χ0) is 14.3. The first kappa shape index (κ1) is 15.3. The van der Waals surface area contributed by atoms with E-state index in [1.807, 2.05) is 6.92 Å². The van der Waals surface area contributed by atoms with Crippen molar-refractivity contribution in [3.8, 4) is 5.75 Å². The first-order valence-electron chi connectivity index (χ1n) is 5.92. The van der Waals surface area contributed by atoms with E-state index in [-0.39, 0.29) is 18.9 Å². The highest BCUT2D eigenvalue weighted by atomic mass is 35.5. The van der Waals surface area contributed by atoms with Crippen molar-refractivity contribution in [3.63, 3.8) is 0 Å². The number of nitrogens with one attached hydrogen (secondary N) is 1. The molecule has 1 amide bonds. The molecule has 0 radical (unpaired) electrons. The van der Waals surface area contributed by atoms with Gasteiger partial charge in [-0.3, -0.25) is 9.59 Å². The summed E-state index contributed by atoms with van der Waals surface area (Å²) in [5.74, 6) is -0.853. The first-order chi connectivity index (χ1) is 9.02. The van der Waals surface area contributed by atoms with Crippen LogP contribution in [-0.2, 0) is 16.0 Å². The molecule has 0 aromatic heterocycles. The van der Waals surface area contributed by atoms with Gasteiger partial charge in [0.15, 0.2) is 0 Å². The van der Waals surface area contributed by atoms with E-state index in [4.69, 9.17) is 21.4 Å². The molecular formula is C13H16ClNO4. The number of halogens is 1. The molecule has 0 aliphatic rings. The van der Waals surface area contributed by atoms with Crippen LogP contribution in [0.15, 0.2) is 18.2 Å². The Balaban J connectivity index is 2.57. The number of aliphatic carboxylic acids is 1. The van der Waals surface area contributed by atoms with Crippen LogP contribution in [0.1, 0.15) is 18.9 Å². The minimum absolute atomic E-state index is 0.0844. The largest absolute Gasteiger partial charge is 0.492 e. The average molecular weight is 286 g/mol. The van der Waals surface area contributed by atoms with Crippen molar-refractivity contribution in [1.29, 1.82) is 0 Å². The molecule has 1 aromatic carbocycles. The number of rotatable bonds is 7. The Bertz CT molecular complexity index is 462. The van der Waals surface area contributed by atoms with Crippen molar-refractivity contribution in [2.24, 2.45) is 0 Å². The number of hydrogen-bond acceptors (Lipinski definition) is 3. The Hall–Kier alpha value is -1.75. The molecule has 0 bridgehead atoms. The Labute approximate surface area is 116 Å². The van der Waals surface area contributed by atoms with Gasteiger partial charge in [-0.05, 0) is 24.1 Å². The van der Waals surface area contributed by atoms with Gasteiger partial charge in [-0.15, -0.1) is 0 Å². The summed E-state index contributed by atoms with van der Waals surface area (Å²) in [6.45, 7) is 2.19. The van der Waals surface area contributed by atoms with Crippen LogP contribution in [0.2, 0.25) is 5.02 Å². The topological polar surface area (TPSA) is 75.6 Å². The molecule has 1 rings (SSSR count). The van der Waals surface area contributed by atoms with Crippen molar-refractivity contribution in [2.75, 3.05) is 13.2 Å². The van der Waals surface area contributed by atoms with Gasteiger partial charge in [0.25, 0.3) is 0 Å². The zero-order valence-corrected chi connectivity index (χ0v) is 11.4. The highest BCUT2D eigenvalue weighted by molar-refractivity contribution is 6.32. The Morgan fingerprint density at radius 3 is 2.74 bits per heavy atom. The van der Waals surface area contributed by atoms with Gasteiger partial charge in [0, 0.05) is 0 Å². The summed E-state index contributed by atoms with van der Waals surface area (Å²) >= 11 is 6.03. The van der Waals surface area contributed by atoms with Crippen LogP contribution in [0, 0.1) is 0 Å². The van der Waals surface area contributed by atoms with Crippen molar-refractivity contribution in [3.05, 3.63) is 28.8 Å². The second kappa shape index (κ2) is 7.63. The second-order valence-electron chi connectivity index (χ2n) is 3.96. The standard InChI is InChI=1S/C13H16ClNO4/c1-2-5-19-11-4-3-9(6-10(11)14)7-12(16)15-8-13(17)18/h3-4,6H,2,5,7-8H2,1H3,(H,15,16)(H,17,18). The lowest BCUT2D eigenvalue weighted by atomic mass is 10.1. The van der Waals surface area contributed by atoms with E-state index >= 15 is 0 Å². The van der Waals surface area contributed by atoms with Crippen LogP contribution >= 0.6 is 11.6 Å². The summed E-state index contributed by atoms with van der Waals surface area (Å²) in [5.41, 5.74) is 0.705. The lowest BCUT2D eigenvalue weighted by Crippen LogP contribution is -2.30. The zero-order valence-electron chi connectivity index (χ0n) is 10.6. The fraction of sp³-hybridized carbons (Fsp3) is 0.385. The molecule has 2 N–H and O–H groups in total. The number of hydrogen-bond donors (Lipinski definition) is 2. The molecule has 0 atom stereocenters. The van der Waals surface area contributed by atoms with Crippen LogP contribution in [0.4, 0.5) is 0 Å². The van der Waals surface area contributed by atoms with E-state index in [0.29, 0.717) is 22.9 Å². The van der Waals surface area contributed by atoms with Crippen LogP contribution < -0.4 is 10.1 Å². The van der Waals surface area contributed by atoms with Gasteiger partial charge in [0.1, 0.15) is 12.3 Å². The fourth-order valence-corrected chi connectivity index (χ4v) is 1.66. The molecule has 5 nitrogen and oxygen atoms in total. The predicted octanol–water partition coefficient (Wildman–Crippen LogP) is 1.87. The Kier molecular flexibility index (Phi) is 6.15. The summed E-state index contributed by atoms with van der Waals surface area (Å²) in [7, 11) is 0. The van der Waals surface area contributed by atoms with Gasteiger partial charge in [-0.25, -0.2) is 0 Å². The minimum atomic E-state index is -1.07. The first-order valence-corrected chi connectivity index (χ1v) is 6.30. The fourth-order valence-electron chi connectivity index (χ4n) is 1.41. The SMILES string of the molecule is CCCOc1ccc(CC(=O)NCC(=O)O)cc1Cl. The van der Waals surface area contributed by atoms with E-state index in [2.05, 4.69) is 5.32 Å². The summed E-state index contributed by atoms with van der Waals surface area (Å²) in [6.07, 6.45) is 0.969. The molecular weight excluding hydrogens is 270 g/mol. The molecule has 0 fully saturated rings. The van der Waals surface area contributed by atoms with Gasteiger partial charge >= 0.3 is 5.97 Å². The van der Waals surface area contributed by atoms with Gasteiger partial charge < -0.3 is 15.2 Å². The average Bonchev–Trinajstić information content (AvgIpc) is 2.35. The van der Waals surface area contributed by atoms with Crippen LogP contribution in [0.25, 0.3) is 0 Å². The lowest BCUT2D eigenvalue weighted by Gasteiger charge is -2.08. The number of amides is 1. The summed E-state index contributed by atoms with van der Waals surface area (Å²) in [4.78, 5) is 21.7. The maximum Gasteiger partial charge on any atom is 0.322 e. The highest BCUT2D eigenvalue weighted by Gasteiger charge is 2.08. The van der Waals surface area contributed by atoms with Crippen molar-refractivity contribution < 1.29 is 19.4 Å². The third-order valence-electron chi connectivity index (χ3n) is 2.26. The molecule has 6 heteroatoms. The molecule has 104 valence electrons. The molecule has 0 unspecified atom stereocenters. The number of benzene rings is 1. The molecule has 0 saturated carbocycles. The van der Waals surface area contributed by atoms with Crippen molar-refractivity contribution >= 4 is 23.5 Å². The molecule has 0 saturated heterocycles. The van der Waals surface area contributed by atoms with Gasteiger partial charge in [-0.1, -0.05) is 24.6 Å². The van der Waals surface area contributed by atoms with Crippen LogP contribution in [0.3, 0.4) is 0 Å². The second-order valence-corrected chi connectivity index (χ2v) is 4.37. The number of carbonyl (C=O) groups excluding carboxylic acids is 1. The van der Waals surface area contributed by atoms with Gasteiger partial charge in [-0.2, -0.15) is 0 Å². The number of ether oxygens (including phenoxy) is 1. The van der Waals surface area contributed by atoms with E-state index in [1.165, 1.54) is 0 Å². The van der Waals surface area contributed by atoms with Gasteiger partial charge in [0.05, 0.1) is 18.1 Å². The minimum Gasteiger partial charge on any atom is -0.492 e. The maximum atomic E-state index is 11.4. The molecule has 0 heterocycles. The molecule has 0 spiro atoms. The summed E-state index contributed by atoms with van der Waals surface area (Å²) in [5, 5.41) is 11.2. The molecule has 0 aliphatic carbocycles. The van der Waals surface area contributed by atoms with Crippen molar-refractivity contribution in [2.45, 2.75) is 19.8 Å². The quantitative estimate of drug-likeness (QED) is 0.802. The third kappa shape index (κ3) is 5.61. The van der Waals surface area contributed by atoms with E-state index < -0.39 is 5.97 Å². The van der Waals surface area contributed by atoms with E-state index in [0.717, 1.165) is 6.42 Å². The van der Waals surface area contributed by atoms with Crippen LogP contribution in [0.5, 0.6) is 5.75 Å². The van der Waals surface area contributed by atoms with Crippen LogP contribution in [-0.4, -0.2) is 30.1 Å². The van der Waals surface area contributed by atoms with E-state index in [9.17, 15) is 9.59 Å².